The minimum Gasteiger partial charge on any atom is -0.294 e. The third kappa shape index (κ3) is 9.59. The van der Waals surface area contributed by atoms with Crippen LogP contribution < -0.4 is 0 Å². The van der Waals surface area contributed by atoms with Crippen LogP contribution in [0.5, 0.6) is 0 Å². The Labute approximate surface area is 83.6 Å². The van der Waals surface area contributed by atoms with E-state index in [9.17, 15) is 0 Å². The quantitative estimate of drug-likeness (QED) is 0.416. The van der Waals surface area contributed by atoms with Gasteiger partial charge in [0.15, 0.2) is 0 Å². The highest BCUT2D eigenvalue weighted by Crippen LogP contribution is 2.03. The van der Waals surface area contributed by atoms with Gasteiger partial charge in [0.05, 0.1) is 0 Å². The van der Waals surface area contributed by atoms with Crippen LogP contribution in [0.4, 0.5) is 0 Å². The van der Waals surface area contributed by atoms with E-state index in [-0.39, 0.29) is 0 Å². The summed E-state index contributed by atoms with van der Waals surface area (Å²) in [4.78, 5) is 4.55. The molecular formula is C12H25N. The summed E-state index contributed by atoms with van der Waals surface area (Å²) in [6, 6.07) is 0. The molecule has 0 saturated carbocycles. The van der Waals surface area contributed by atoms with Gasteiger partial charge >= 0.3 is 0 Å². The summed E-state index contributed by atoms with van der Waals surface area (Å²) in [5, 5.41) is 0. The Morgan fingerprint density at radius 2 is 1.85 bits per heavy atom. The maximum Gasteiger partial charge on any atom is 0.0388 e. The second kappa shape index (κ2) is 8.28. The fraction of sp³-hybridized carbons (Fsp3) is 0.917. The summed E-state index contributed by atoms with van der Waals surface area (Å²) in [6.07, 6.45) is 6.44. The highest BCUT2D eigenvalue weighted by molar-refractivity contribution is 5.81. The van der Waals surface area contributed by atoms with Crippen molar-refractivity contribution >= 4 is 5.71 Å². The Kier molecular flexibility index (Phi) is 8.07. The normalized spacial score (nSPS) is 12.5. The molecule has 0 saturated heterocycles. The fourth-order valence-corrected chi connectivity index (χ4v) is 1.46. The first kappa shape index (κ1) is 12.7. The molecule has 0 unspecified atom stereocenters. The SMILES string of the molecule is CCCCCCN=C(C)CC(C)C. The fourth-order valence-electron chi connectivity index (χ4n) is 1.46. The van der Waals surface area contributed by atoms with E-state index >= 15 is 0 Å². The lowest BCUT2D eigenvalue weighted by Gasteiger charge is -2.03. The Bertz CT molecular complexity index is 136. The van der Waals surface area contributed by atoms with Gasteiger partial charge < -0.3 is 0 Å². The summed E-state index contributed by atoms with van der Waals surface area (Å²) in [7, 11) is 0. The largest absolute Gasteiger partial charge is 0.294 e. The molecule has 0 aliphatic rings. The van der Waals surface area contributed by atoms with Gasteiger partial charge in [0.1, 0.15) is 0 Å². The van der Waals surface area contributed by atoms with E-state index in [4.69, 9.17) is 0 Å². The van der Waals surface area contributed by atoms with Gasteiger partial charge in [0.25, 0.3) is 0 Å². The molecule has 0 bridgehead atoms. The van der Waals surface area contributed by atoms with Crippen LogP contribution in [0.3, 0.4) is 0 Å². The number of hydrogen-bond donors (Lipinski definition) is 0. The lowest BCUT2D eigenvalue weighted by Crippen LogP contribution is -1.99. The second-order valence-electron chi connectivity index (χ2n) is 4.28. The highest BCUT2D eigenvalue weighted by Gasteiger charge is 1.95. The molecule has 0 radical (unpaired) electrons. The predicted octanol–water partition coefficient (Wildman–Crippen LogP) is 4.07. The van der Waals surface area contributed by atoms with Crippen LogP contribution in [-0.2, 0) is 0 Å². The lowest BCUT2D eigenvalue weighted by molar-refractivity contribution is 0.662. The molecule has 0 aromatic carbocycles. The minimum atomic E-state index is 0.749. The molecule has 0 spiro atoms. The molecule has 78 valence electrons. The van der Waals surface area contributed by atoms with Crippen LogP contribution in [0.2, 0.25) is 0 Å². The van der Waals surface area contributed by atoms with Crippen molar-refractivity contribution in [3.05, 3.63) is 0 Å². The molecule has 1 nitrogen and oxygen atoms in total. The summed E-state index contributed by atoms with van der Waals surface area (Å²) in [6.45, 7) is 9.93. The average molecular weight is 183 g/mol. The van der Waals surface area contributed by atoms with Gasteiger partial charge in [-0.1, -0.05) is 40.0 Å². The number of aliphatic imine (C=N–C) groups is 1. The van der Waals surface area contributed by atoms with E-state index in [2.05, 4.69) is 32.7 Å². The topological polar surface area (TPSA) is 12.4 Å². The molecule has 1 heteroatoms. The smallest absolute Gasteiger partial charge is 0.0388 e. The zero-order valence-electron chi connectivity index (χ0n) is 9.77. The number of rotatable bonds is 7. The third-order valence-corrected chi connectivity index (χ3v) is 2.10. The van der Waals surface area contributed by atoms with Gasteiger partial charge in [-0.05, 0) is 25.7 Å². The molecule has 13 heavy (non-hydrogen) atoms. The molecule has 0 heterocycles. The second-order valence-corrected chi connectivity index (χ2v) is 4.28. The van der Waals surface area contributed by atoms with E-state index in [1.165, 1.54) is 31.4 Å². The van der Waals surface area contributed by atoms with E-state index in [1.807, 2.05) is 0 Å². The van der Waals surface area contributed by atoms with E-state index in [0.29, 0.717) is 0 Å². The predicted molar refractivity (Wildman–Crippen MR) is 61.6 cm³/mol. The first-order valence-electron chi connectivity index (χ1n) is 5.66. The molecule has 0 rings (SSSR count). The molecule has 0 fully saturated rings. The number of nitrogens with zero attached hydrogens (tertiary/aromatic N) is 1. The van der Waals surface area contributed by atoms with Crippen LogP contribution in [0, 0.1) is 5.92 Å². The molecule has 0 amide bonds. The first-order valence-corrected chi connectivity index (χ1v) is 5.66. The third-order valence-electron chi connectivity index (χ3n) is 2.10. The van der Waals surface area contributed by atoms with Crippen molar-refractivity contribution in [2.75, 3.05) is 6.54 Å². The van der Waals surface area contributed by atoms with Crippen molar-refractivity contribution in [2.24, 2.45) is 10.9 Å². The molecule has 0 aliphatic heterocycles. The van der Waals surface area contributed by atoms with Crippen LogP contribution >= 0.6 is 0 Å². The summed E-state index contributed by atoms with van der Waals surface area (Å²) >= 11 is 0. The zero-order chi connectivity index (χ0) is 10.1. The summed E-state index contributed by atoms with van der Waals surface area (Å²) in [5.41, 5.74) is 1.33. The molecule has 0 N–H and O–H groups in total. The maximum atomic E-state index is 4.55. The Morgan fingerprint density at radius 3 is 2.38 bits per heavy atom. The van der Waals surface area contributed by atoms with Crippen molar-refractivity contribution < 1.29 is 0 Å². The van der Waals surface area contributed by atoms with E-state index in [0.717, 1.165) is 18.9 Å². The molecule has 0 aliphatic carbocycles. The number of unbranched alkanes of at least 4 members (excludes halogenated alkanes) is 3. The van der Waals surface area contributed by atoms with Crippen LogP contribution in [0.25, 0.3) is 0 Å². The molecule has 0 aromatic rings. The van der Waals surface area contributed by atoms with Gasteiger partial charge in [0.2, 0.25) is 0 Å². The molecule has 0 atom stereocenters. The van der Waals surface area contributed by atoms with Gasteiger partial charge in [0, 0.05) is 12.3 Å². The minimum absolute atomic E-state index is 0.749. The highest BCUT2D eigenvalue weighted by atomic mass is 14.7. The van der Waals surface area contributed by atoms with E-state index < -0.39 is 0 Å². The van der Waals surface area contributed by atoms with Crippen LogP contribution in [0.15, 0.2) is 4.99 Å². The van der Waals surface area contributed by atoms with Crippen LogP contribution in [0.1, 0.15) is 59.8 Å². The van der Waals surface area contributed by atoms with Crippen molar-refractivity contribution in [2.45, 2.75) is 59.8 Å². The average Bonchev–Trinajstić information content (AvgIpc) is 2.02. The van der Waals surface area contributed by atoms with Gasteiger partial charge in [-0.3, -0.25) is 4.99 Å². The molecule has 0 aromatic heterocycles. The summed E-state index contributed by atoms with van der Waals surface area (Å²) < 4.78 is 0. The van der Waals surface area contributed by atoms with Crippen molar-refractivity contribution in [3.63, 3.8) is 0 Å². The standard InChI is InChI=1S/C12H25N/c1-5-6-7-8-9-13-12(4)10-11(2)3/h11H,5-10H2,1-4H3. The molecular weight excluding hydrogens is 158 g/mol. The van der Waals surface area contributed by atoms with Gasteiger partial charge in [-0.25, -0.2) is 0 Å². The lowest BCUT2D eigenvalue weighted by atomic mass is 10.1. The Morgan fingerprint density at radius 1 is 1.15 bits per heavy atom. The van der Waals surface area contributed by atoms with Gasteiger partial charge in [-0.15, -0.1) is 0 Å². The van der Waals surface area contributed by atoms with Crippen LogP contribution in [-0.4, -0.2) is 12.3 Å². The van der Waals surface area contributed by atoms with Crippen molar-refractivity contribution in [1.82, 2.24) is 0 Å². The number of hydrogen-bond acceptors (Lipinski definition) is 1. The first-order chi connectivity index (χ1) is 6.16. The monoisotopic (exact) mass is 183 g/mol. The van der Waals surface area contributed by atoms with E-state index in [1.54, 1.807) is 0 Å². The maximum absolute atomic E-state index is 4.55. The Hall–Kier alpha value is -0.330. The zero-order valence-corrected chi connectivity index (χ0v) is 9.77. The Balaban J connectivity index is 3.36. The summed E-state index contributed by atoms with van der Waals surface area (Å²) in [5.74, 6) is 0.749. The van der Waals surface area contributed by atoms with Crippen molar-refractivity contribution in [3.8, 4) is 0 Å². The van der Waals surface area contributed by atoms with Crippen molar-refractivity contribution in [1.29, 1.82) is 0 Å². The van der Waals surface area contributed by atoms with Gasteiger partial charge in [-0.2, -0.15) is 0 Å².